The highest BCUT2D eigenvalue weighted by atomic mass is 16.3. The summed E-state index contributed by atoms with van der Waals surface area (Å²) in [4.78, 5) is 0. The second-order valence-corrected chi connectivity index (χ2v) is 3.55. The van der Waals surface area contributed by atoms with Crippen molar-refractivity contribution in [3.8, 4) is 0 Å². The van der Waals surface area contributed by atoms with E-state index in [1.807, 2.05) is 24.3 Å². The minimum atomic E-state index is 0.927. The van der Waals surface area contributed by atoms with Gasteiger partial charge in [0.15, 0.2) is 0 Å². The van der Waals surface area contributed by atoms with Crippen LogP contribution < -0.4 is 0 Å². The molecule has 1 aliphatic rings. The summed E-state index contributed by atoms with van der Waals surface area (Å²) in [5, 5.41) is 1.18. The average Bonchev–Trinajstić information content (AvgIpc) is 2.57. The summed E-state index contributed by atoms with van der Waals surface area (Å²) in [7, 11) is 0. The summed E-state index contributed by atoms with van der Waals surface area (Å²) in [5.74, 6) is 0.947. The molecule has 1 heteroatoms. The van der Waals surface area contributed by atoms with Crippen LogP contribution in [0.15, 0.2) is 41.3 Å². The van der Waals surface area contributed by atoms with Crippen molar-refractivity contribution in [2.24, 2.45) is 0 Å². The number of fused-ring (bicyclic) bond motifs is 3. The minimum Gasteiger partial charge on any atom is -0.456 e. The van der Waals surface area contributed by atoms with Gasteiger partial charge in [0.2, 0.25) is 0 Å². The molecular weight excluding hydrogens is 172 g/mol. The van der Waals surface area contributed by atoms with Crippen molar-refractivity contribution in [1.29, 1.82) is 0 Å². The van der Waals surface area contributed by atoms with Crippen molar-refractivity contribution in [2.45, 2.75) is 6.42 Å². The van der Waals surface area contributed by atoms with Gasteiger partial charge >= 0.3 is 0 Å². The van der Waals surface area contributed by atoms with E-state index in [9.17, 15) is 0 Å². The highest BCUT2D eigenvalue weighted by molar-refractivity contribution is 5.96. The van der Waals surface area contributed by atoms with Crippen molar-refractivity contribution in [3.63, 3.8) is 0 Å². The third kappa shape index (κ3) is 0.896. The van der Waals surface area contributed by atoms with Crippen LogP contribution in [0, 0.1) is 0 Å². The van der Waals surface area contributed by atoms with Crippen molar-refractivity contribution in [3.05, 3.63) is 48.2 Å². The highest BCUT2D eigenvalue weighted by Gasteiger charge is 2.16. The van der Waals surface area contributed by atoms with Crippen LogP contribution in [0.1, 0.15) is 17.7 Å². The van der Waals surface area contributed by atoms with Gasteiger partial charge in [-0.05, 0) is 24.1 Å². The Balaban J connectivity index is 2.46. The van der Waals surface area contributed by atoms with Crippen molar-refractivity contribution in [1.82, 2.24) is 0 Å². The Morgan fingerprint density at radius 1 is 1.21 bits per heavy atom. The molecule has 0 saturated carbocycles. The molecule has 1 heterocycles. The lowest BCUT2D eigenvalue weighted by molar-refractivity contribution is 0.602. The molecule has 0 atom stereocenters. The van der Waals surface area contributed by atoms with E-state index in [0.717, 1.165) is 23.3 Å². The lowest BCUT2D eigenvalue weighted by Gasteiger charge is -2.06. The van der Waals surface area contributed by atoms with Crippen molar-refractivity contribution < 1.29 is 4.42 Å². The number of hydrogen-bond acceptors (Lipinski definition) is 1. The fourth-order valence-electron chi connectivity index (χ4n) is 1.96. The molecule has 0 N–H and O–H groups in total. The molecule has 0 spiro atoms. The van der Waals surface area contributed by atoms with E-state index >= 15 is 0 Å². The predicted octanol–water partition coefficient (Wildman–Crippen LogP) is 3.86. The van der Waals surface area contributed by atoms with Gasteiger partial charge in [-0.15, -0.1) is 0 Å². The first kappa shape index (κ1) is 7.63. The maximum atomic E-state index is 5.71. The largest absolute Gasteiger partial charge is 0.456 e. The Morgan fingerprint density at radius 3 is 3.00 bits per heavy atom. The minimum absolute atomic E-state index is 0.927. The van der Waals surface area contributed by atoms with Crippen LogP contribution in [0.2, 0.25) is 0 Å². The third-order valence-corrected chi connectivity index (χ3v) is 2.61. The van der Waals surface area contributed by atoms with Crippen LogP contribution in [-0.2, 0) is 0 Å². The zero-order chi connectivity index (χ0) is 9.54. The van der Waals surface area contributed by atoms with E-state index in [-0.39, 0.29) is 0 Å². The molecule has 1 aromatic heterocycles. The van der Waals surface area contributed by atoms with Gasteiger partial charge in [0, 0.05) is 10.9 Å². The van der Waals surface area contributed by atoms with E-state index in [2.05, 4.69) is 18.7 Å². The Kier molecular flexibility index (Phi) is 1.42. The van der Waals surface area contributed by atoms with E-state index in [1.165, 1.54) is 10.9 Å². The average molecular weight is 182 g/mol. The van der Waals surface area contributed by atoms with Gasteiger partial charge in [0.25, 0.3) is 0 Å². The lowest BCUT2D eigenvalue weighted by atomic mass is 9.97. The molecule has 1 nitrogen and oxygen atoms in total. The first-order valence-corrected chi connectivity index (χ1v) is 4.72. The van der Waals surface area contributed by atoms with Crippen molar-refractivity contribution in [2.75, 3.05) is 0 Å². The second-order valence-electron chi connectivity index (χ2n) is 3.55. The molecule has 68 valence electrons. The Labute approximate surface area is 82.3 Å². The summed E-state index contributed by atoms with van der Waals surface area (Å²) >= 11 is 0. The predicted molar refractivity (Wildman–Crippen MR) is 58.9 cm³/mol. The van der Waals surface area contributed by atoms with Crippen LogP contribution in [-0.4, -0.2) is 0 Å². The van der Waals surface area contributed by atoms with Crippen LogP contribution in [0.5, 0.6) is 0 Å². The Hall–Kier alpha value is -1.76. The molecule has 1 aromatic carbocycles. The van der Waals surface area contributed by atoms with Gasteiger partial charge in [0.05, 0.1) is 0 Å². The summed E-state index contributed by atoms with van der Waals surface area (Å²) in [6.45, 7) is 4.07. The van der Waals surface area contributed by atoms with Gasteiger partial charge in [-0.25, -0.2) is 0 Å². The number of furan rings is 1. The summed E-state index contributed by atoms with van der Waals surface area (Å²) < 4.78 is 5.71. The SMILES string of the molecule is C=C1CC=Cc2oc3ccccc3c21. The molecule has 0 saturated heterocycles. The molecule has 0 amide bonds. The fourth-order valence-corrected chi connectivity index (χ4v) is 1.96. The van der Waals surface area contributed by atoms with E-state index in [4.69, 9.17) is 4.42 Å². The second kappa shape index (κ2) is 2.61. The first-order valence-electron chi connectivity index (χ1n) is 4.72. The standard InChI is InChI=1S/C13H10O/c1-9-5-4-8-12-13(9)10-6-2-3-7-11(10)14-12/h2-4,6-8H,1,5H2. The lowest BCUT2D eigenvalue weighted by Crippen LogP contribution is -1.87. The number of para-hydroxylation sites is 1. The summed E-state index contributed by atoms with van der Waals surface area (Å²) in [6, 6.07) is 8.10. The van der Waals surface area contributed by atoms with E-state index in [1.54, 1.807) is 0 Å². The number of allylic oxidation sites excluding steroid dienone is 2. The van der Waals surface area contributed by atoms with Crippen LogP contribution in [0.3, 0.4) is 0 Å². The van der Waals surface area contributed by atoms with Gasteiger partial charge in [0.1, 0.15) is 11.3 Å². The van der Waals surface area contributed by atoms with Crippen LogP contribution >= 0.6 is 0 Å². The monoisotopic (exact) mass is 182 g/mol. The maximum Gasteiger partial charge on any atom is 0.135 e. The zero-order valence-corrected chi connectivity index (χ0v) is 7.79. The number of benzene rings is 1. The fraction of sp³-hybridized carbons (Fsp3) is 0.0769. The van der Waals surface area contributed by atoms with Crippen LogP contribution in [0.4, 0.5) is 0 Å². The molecule has 2 aromatic rings. The molecule has 14 heavy (non-hydrogen) atoms. The van der Waals surface area contributed by atoms with Gasteiger partial charge in [-0.1, -0.05) is 30.9 Å². The highest BCUT2D eigenvalue weighted by Crippen LogP contribution is 2.35. The molecule has 0 radical (unpaired) electrons. The molecule has 0 unspecified atom stereocenters. The molecule has 0 aliphatic heterocycles. The van der Waals surface area contributed by atoms with Gasteiger partial charge in [-0.3, -0.25) is 0 Å². The van der Waals surface area contributed by atoms with Crippen molar-refractivity contribution >= 4 is 22.6 Å². The molecule has 0 bridgehead atoms. The number of hydrogen-bond donors (Lipinski definition) is 0. The number of rotatable bonds is 0. The van der Waals surface area contributed by atoms with E-state index < -0.39 is 0 Å². The van der Waals surface area contributed by atoms with Gasteiger partial charge < -0.3 is 4.42 Å². The molecule has 1 aliphatic carbocycles. The van der Waals surface area contributed by atoms with Crippen LogP contribution in [0.25, 0.3) is 22.6 Å². The summed E-state index contributed by atoms with van der Waals surface area (Å²) in [5.41, 5.74) is 3.28. The van der Waals surface area contributed by atoms with Gasteiger partial charge in [-0.2, -0.15) is 0 Å². The third-order valence-electron chi connectivity index (χ3n) is 2.61. The molecule has 0 fully saturated rings. The normalized spacial score (nSPS) is 14.7. The smallest absolute Gasteiger partial charge is 0.135 e. The first-order chi connectivity index (χ1) is 6.86. The summed E-state index contributed by atoms with van der Waals surface area (Å²) in [6.07, 6.45) is 5.05. The molecular formula is C13H10O. The maximum absolute atomic E-state index is 5.71. The topological polar surface area (TPSA) is 13.1 Å². The quantitative estimate of drug-likeness (QED) is 0.603. The molecule has 3 rings (SSSR count). The Morgan fingerprint density at radius 2 is 2.07 bits per heavy atom. The van der Waals surface area contributed by atoms with E-state index in [0.29, 0.717) is 0 Å². The Bertz CT molecular complexity index is 543. The zero-order valence-electron chi connectivity index (χ0n) is 7.79.